The first-order valence-corrected chi connectivity index (χ1v) is 13.6. The third-order valence-corrected chi connectivity index (χ3v) is 8.52. The Morgan fingerprint density at radius 3 is 2.58 bits per heavy atom. The molecular formula is C22H30Cl2N6O5S. The van der Waals surface area contributed by atoms with Crippen molar-refractivity contribution in [2.45, 2.75) is 38.1 Å². The van der Waals surface area contributed by atoms with Crippen molar-refractivity contribution in [3.8, 4) is 0 Å². The fourth-order valence-corrected chi connectivity index (χ4v) is 6.09. The van der Waals surface area contributed by atoms with E-state index in [1.807, 2.05) is 4.72 Å². The highest BCUT2D eigenvalue weighted by Gasteiger charge is 2.41. The van der Waals surface area contributed by atoms with Crippen LogP contribution in [0.2, 0.25) is 10.0 Å². The van der Waals surface area contributed by atoms with Gasteiger partial charge in [0, 0.05) is 51.6 Å². The van der Waals surface area contributed by atoms with Crippen LogP contribution >= 0.6 is 23.2 Å². The average Bonchev–Trinajstić information content (AvgIpc) is 3.16. The Balaban J connectivity index is 1.90. The fourth-order valence-electron chi connectivity index (χ4n) is 4.46. The number of benzene rings is 1. The molecule has 4 N–H and O–H groups in total. The maximum Gasteiger partial charge on any atom is 0.329 e. The van der Waals surface area contributed by atoms with Gasteiger partial charge in [0.1, 0.15) is 5.69 Å². The first-order valence-electron chi connectivity index (χ1n) is 11.4. The van der Waals surface area contributed by atoms with Crippen molar-refractivity contribution in [2.24, 2.45) is 7.05 Å². The maximum atomic E-state index is 13.5. The van der Waals surface area contributed by atoms with Crippen LogP contribution in [0.25, 0.3) is 10.9 Å². The number of carbonyl (C=O) groups is 3. The summed E-state index contributed by atoms with van der Waals surface area (Å²) in [7, 11) is -1.09. The zero-order chi connectivity index (χ0) is 26.7. The van der Waals surface area contributed by atoms with Crippen molar-refractivity contribution in [3.05, 3.63) is 33.9 Å². The summed E-state index contributed by atoms with van der Waals surface area (Å²) in [6.07, 6.45) is 1.89. The summed E-state index contributed by atoms with van der Waals surface area (Å²) in [5, 5.41) is 9.34. The van der Waals surface area contributed by atoms with Crippen LogP contribution in [0.4, 0.5) is 4.79 Å². The van der Waals surface area contributed by atoms with Gasteiger partial charge in [-0.1, -0.05) is 23.2 Å². The molecule has 11 nitrogen and oxygen atoms in total. The molecule has 0 spiro atoms. The van der Waals surface area contributed by atoms with Crippen LogP contribution in [0.15, 0.2) is 18.2 Å². The Morgan fingerprint density at radius 1 is 1.19 bits per heavy atom. The molecule has 1 aliphatic heterocycles. The van der Waals surface area contributed by atoms with E-state index >= 15 is 0 Å². The minimum Gasteiger partial charge on any atom is -0.356 e. The molecule has 0 radical (unpaired) electrons. The van der Waals surface area contributed by atoms with Crippen LogP contribution in [0, 0.1) is 0 Å². The predicted molar refractivity (Wildman–Crippen MR) is 138 cm³/mol. The van der Waals surface area contributed by atoms with Gasteiger partial charge in [-0.2, -0.15) is 12.7 Å². The van der Waals surface area contributed by atoms with Gasteiger partial charge >= 0.3 is 16.2 Å². The highest BCUT2D eigenvalue weighted by atomic mass is 35.5. The number of aromatic nitrogens is 1. The van der Waals surface area contributed by atoms with Gasteiger partial charge in [0.2, 0.25) is 5.91 Å². The first-order chi connectivity index (χ1) is 16.9. The zero-order valence-electron chi connectivity index (χ0n) is 20.3. The maximum absolute atomic E-state index is 13.5. The molecular weight excluding hydrogens is 531 g/mol. The monoisotopic (exact) mass is 560 g/mol. The lowest BCUT2D eigenvalue weighted by atomic mass is 9.85. The Hall–Kier alpha value is -2.54. The molecule has 1 fully saturated rings. The van der Waals surface area contributed by atoms with E-state index in [1.165, 1.54) is 14.0 Å². The molecule has 1 saturated heterocycles. The number of hydrogen-bond acceptors (Lipinski definition) is 5. The Morgan fingerprint density at radius 2 is 1.92 bits per heavy atom. The van der Waals surface area contributed by atoms with E-state index in [0.717, 1.165) is 9.82 Å². The molecule has 1 aliphatic rings. The highest BCUT2D eigenvalue weighted by molar-refractivity contribution is 7.87. The number of aryl methyl sites for hydroxylation is 1. The second-order valence-corrected chi connectivity index (χ2v) is 11.3. The van der Waals surface area contributed by atoms with Crippen LogP contribution in [0.1, 0.15) is 43.1 Å². The van der Waals surface area contributed by atoms with Gasteiger partial charge in [0.05, 0.1) is 15.6 Å². The van der Waals surface area contributed by atoms with Crippen LogP contribution in [-0.4, -0.2) is 67.4 Å². The molecule has 36 heavy (non-hydrogen) atoms. The smallest absolute Gasteiger partial charge is 0.329 e. The second kappa shape index (κ2) is 11.2. The van der Waals surface area contributed by atoms with Gasteiger partial charge < -0.3 is 20.5 Å². The van der Waals surface area contributed by atoms with E-state index in [1.54, 1.807) is 29.8 Å². The summed E-state index contributed by atoms with van der Waals surface area (Å²) in [5.41, 5.74) is 0.124. The molecule has 2 aromatic rings. The number of hydrogen-bond donors (Lipinski definition) is 4. The summed E-state index contributed by atoms with van der Waals surface area (Å²) in [6.45, 7) is 1.94. The second-order valence-electron chi connectivity index (χ2n) is 8.83. The fraction of sp³-hybridized carbons (Fsp3) is 0.500. The zero-order valence-corrected chi connectivity index (χ0v) is 22.6. The molecule has 0 aliphatic carbocycles. The predicted octanol–water partition coefficient (Wildman–Crippen LogP) is 2.14. The summed E-state index contributed by atoms with van der Waals surface area (Å²) >= 11 is 12.5. The van der Waals surface area contributed by atoms with Crippen molar-refractivity contribution in [2.75, 3.05) is 26.7 Å². The van der Waals surface area contributed by atoms with Gasteiger partial charge in [0.25, 0.3) is 5.91 Å². The number of rotatable bonds is 8. The lowest BCUT2D eigenvalue weighted by molar-refractivity contribution is -0.119. The number of fused-ring (bicyclic) bond motifs is 1. The van der Waals surface area contributed by atoms with Crippen molar-refractivity contribution in [1.29, 1.82) is 0 Å². The number of halogens is 2. The van der Waals surface area contributed by atoms with Crippen molar-refractivity contribution < 1.29 is 22.8 Å². The number of nitrogens with zero attached hydrogens (tertiary/aromatic N) is 2. The van der Waals surface area contributed by atoms with Crippen LogP contribution < -0.4 is 20.7 Å². The minimum absolute atomic E-state index is 0.0400. The van der Waals surface area contributed by atoms with Crippen molar-refractivity contribution in [3.63, 3.8) is 0 Å². The normalized spacial score (nSPS) is 18.6. The molecule has 1 atom stereocenters. The van der Waals surface area contributed by atoms with Crippen LogP contribution in [-0.2, 0) is 22.1 Å². The minimum atomic E-state index is -4.14. The summed E-state index contributed by atoms with van der Waals surface area (Å²) in [6, 6.07) is 4.21. The molecule has 198 valence electrons. The van der Waals surface area contributed by atoms with Gasteiger partial charge in [-0.25, -0.2) is 9.52 Å². The number of urea groups is 1. The number of carbonyl (C=O) groups excluding carboxylic acids is 3. The largest absolute Gasteiger partial charge is 0.356 e. The van der Waals surface area contributed by atoms with E-state index < -0.39 is 27.7 Å². The highest BCUT2D eigenvalue weighted by Crippen LogP contribution is 2.33. The number of amides is 4. The van der Waals surface area contributed by atoms with E-state index in [9.17, 15) is 22.8 Å². The van der Waals surface area contributed by atoms with Crippen molar-refractivity contribution >= 4 is 62.2 Å². The molecule has 0 bridgehead atoms. The third kappa shape index (κ3) is 6.23. The van der Waals surface area contributed by atoms with Gasteiger partial charge in [-0.15, -0.1) is 0 Å². The summed E-state index contributed by atoms with van der Waals surface area (Å²) in [4.78, 5) is 36.5. The standard InChI is InChI=1S/C22H30Cl2N6O5S/c1-14(31)26-10-4-8-22(9-5-11-30(13-22)36(34,35)28-21(33)25-2)27-20(32)18-12-15-17(29(18)3)7-6-16(23)19(15)24/h6-7,12H,4-5,8-11,13H2,1-3H3,(H,26,31)(H,27,32)(H2,25,28,33). The lowest BCUT2D eigenvalue weighted by Gasteiger charge is -2.42. The van der Waals surface area contributed by atoms with Gasteiger partial charge in [-0.05, 0) is 43.9 Å². The molecule has 1 aromatic heterocycles. The van der Waals surface area contributed by atoms with Crippen LogP contribution in [0.5, 0.6) is 0 Å². The third-order valence-electron chi connectivity index (χ3n) is 6.26. The van der Waals surface area contributed by atoms with E-state index in [2.05, 4.69) is 16.0 Å². The van der Waals surface area contributed by atoms with Crippen molar-refractivity contribution in [1.82, 2.24) is 29.5 Å². The topological polar surface area (TPSA) is 142 Å². The van der Waals surface area contributed by atoms with E-state index in [-0.39, 0.29) is 19.0 Å². The molecule has 0 saturated carbocycles. The van der Waals surface area contributed by atoms with Gasteiger partial charge in [0.15, 0.2) is 0 Å². The molecule has 4 amide bonds. The number of piperidine rings is 1. The Labute approximate surface area is 220 Å². The quantitative estimate of drug-likeness (QED) is 0.366. The molecule has 1 aromatic carbocycles. The molecule has 3 rings (SSSR count). The molecule has 1 unspecified atom stereocenters. The average molecular weight is 561 g/mol. The Kier molecular flexibility index (Phi) is 8.75. The van der Waals surface area contributed by atoms with E-state index in [0.29, 0.717) is 53.4 Å². The lowest BCUT2D eigenvalue weighted by Crippen LogP contribution is -2.61. The molecule has 14 heteroatoms. The number of nitrogens with one attached hydrogen (secondary N) is 4. The summed E-state index contributed by atoms with van der Waals surface area (Å²) in [5.74, 6) is -0.583. The molecule has 2 heterocycles. The van der Waals surface area contributed by atoms with Gasteiger partial charge in [-0.3, -0.25) is 9.59 Å². The van der Waals surface area contributed by atoms with Crippen LogP contribution in [0.3, 0.4) is 0 Å². The SMILES string of the molecule is CNC(=O)NS(=O)(=O)N1CCCC(CCCNC(C)=O)(NC(=O)c2cc3c(Cl)c(Cl)ccc3n2C)C1. The Bertz CT molecular complexity index is 1280. The van der Waals surface area contributed by atoms with E-state index in [4.69, 9.17) is 23.2 Å². The first kappa shape index (κ1) is 28.0. The summed E-state index contributed by atoms with van der Waals surface area (Å²) < 4.78 is 30.4.